The second-order valence-corrected chi connectivity index (χ2v) is 6.66. The van der Waals surface area contributed by atoms with Gasteiger partial charge in [-0.3, -0.25) is 0 Å². The van der Waals surface area contributed by atoms with Crippen LogP contribution in [0.3, 0.4) is 0 Å². The number of aromatic nitrogens is 1. The Morgan fingerprint density at radius 3 is 2.68 bits per heavy atom. The Balaban J connectivity index is 1.51. The summed E-state index contributed by atoms with van der Waals surface area (Å²) in [5.74, 6) is -0.0127. The van der Waals surface area contributed by atoms with Crippen molar-refractivity contribution in [3.8, 4) is 16.3 Å². The molecule has 0 atom stereocenters. The van der Waals surface area contributed by atoms with Gasteiger partial charge in [0.25, 0.3) is 0 Å². The minimum absolute atomic E-state index is 0.118. The van der Waals surface area contributed by atoms with Crippen molar-refractivity contribution in [2.75, 3.05) is 6.61 Å². The van der Waals surface area contributed by atoms with Gasteiger partial charge in [-0.1, -0.05) is 53.6 Å². The topological polar surface area (TPSA) is 48.4 Å². The number of carbonyl (C=O) groups is 1. The van der Waals surface area contributed by atoms with E-state index in [9.17, 15) is 4.79 Å². The zero-order chi connectivity index (χ0) is 17.6. The first-order valence-corrected chi connectivity index (χ1v) is 8.92. The summed E-state index contributed by atoms with van der Waals surface area (Å²) in [5, 5.41) is 3.24. The lowest BCUT2D eigenvalue weighted by Crippen LogP contribution is -2.15. The predicted octanol–water partition coefficient (Wildman–Crippen LogP) is 4.89. The standard InChI is InChI=1S/C19H16ClNO3S/c1-13-6-8-14(9-7-13)19-21-15(12-25-19)10-24-18(22)11-23-17-5-3-2-4-16(17)20/h2-9,12H,10-11H2,1H3. The lowest BCUT2D eigenvalue weighted by atomic mass is 10.2. The number of esters is 1. The van der Waals surface area contributed by atoms with Crippen LogP contribution >= 0.6 is 22.9 Å². The maximum absolute atomic E-state index is 11.8. The lowest BCUT2D eigenvalue weighted by molar-refractivity contribution is -0.147. The van der Waals surface area contributed by atoms with Crippen molar-refractivity contribution in [3.63, 3.8) is 0 Å². The maximum atomic E-state index is 11.8. The summed E-state index contributed by atoms with van der Waals surface area (Å²) in [7, 11) is 0. The van der Waals surface area contributed by atoms with E-state index in [0.29, 0.717) is 16.5 Å². The molecule has 3 rings (SSSR count). The zero-order valence-corrected chi connectivity index (χ0v) is 15.1. The van der Waals surface area contributed by atoms with Crippen molar-refractivity contribution >= 4 is 28.9 Å². The van der Waals surface area contributed by atoms with Gasteiger partial charge < -0.3 is 9.47 Å². The molecule has 0 unspecified atom stereocenters. The number of hydrogen-bond donors (Lipinski definition) is 0. The normalized spacial score (nSPS) is 10.5. The third-order valence-electron chi connectivity index (χ3n) is 3.41. The molecule has 0 aliphatic rings. The van der Waals surface area contributed by atoms with E-state index in [1.807, 2.05) is 36.6 Å². The molecule has 0 saturated carbocycles. The van der Waals surface area contributed by atoms with Gasteiger partial charge >= 0.3 is 5.97 Å². The van der Waals surface area contributed by atoms with Crippen LogP contribution in [0, 0.1) is 6.92 Å². The van der Waals surface area contributed by atoms with E-state index in [0.717, 1.165) is 10.6 Å². The van der Waals surface area contributed by atoms with Crippen LogP contribution in [0.4, 0.5) is 0 Å². The van der Waals surface area contributed by atoms with Crippen LogP contribution < -0.4 is 4.74 Å². The Bertz CT molecular complexity index is 861. The third-order valence-corrected chi connectivity index (χ3v) is 4.67. The van der Waals surface area contributed by atoms with Crippen molar-refractivity contribution in [2.45, 2.75) is 13.5 Å². The molecule has 4 nitrogen and oxygen atoms in total. The molecular weight excluding hydrogens is 358 g/mol. The number of ether oxygens (including phenoxy) is 2. The maximum Gasteiger partial charge on any atom is 0.344 e. The molecular formula is C19H16ClNO3S. The van der Waals surface area contributed by atoms with Crippen molar-refractivity contribution in [1.82, 2.24) is 4.98 Å². The first kappa shape index (κ1) is 17.5. The van der Waals surface area contributed by atoms with Crippen molar-refractivity contribution in [2.24, 2.45) is 0 Å². The summed E-state index contributed by atoms with van der Waals surface area (Å²) >= 11 is 7.49. The van der Waals surface area contributed by atoms with E-state index in [-0.39, 0.29) is 13.2 Å². The Labute approximate surface area is 155 Å². The van der Waals surface area contributed by atoms with Crippen LogP contribution in [0.25, 0.3) is 10.6 Å². The van der Waals surface area contributed by atoms with Crippen LogP contribution in [0.5, 0.6) is 5.75 Å². The summed E-state index contributed by atoms with van der Waals surface area (Å²) in [6.07, 6.45) is 0. The van der Waals surface area contributed by atoms with Gasteiger partial charge in [-0.2, -0.15) is 0 Å². The predicted molar refractivity (Wildman–Crippen MR) is 99.0 cm³/mol. The third kappa shape index (κ3) is 4.81. The summed E-state index contributed by atoms with van der Waals surface area (Å²) in [4.78, 5) is 16.3. The fourth-order valence-electron chi connectivity index (χ4n) is 2.10. The molecule has 128 valence electrons. The molecule has 0 aliphatic heterocycles. The highest BCUT2D eigenvalue weighted by molar-refractivity contribution is 7.13. The van der Waals surface area contributed by atoms with Gasteiger partial charge in [-0.15, -0.1) is 11.3 Å². The Kier molecular flexibility index (Phi) is 5.68. The Hall–Kier alpha value is -2.37. The number of halogens is 1. The lowest BCUT2D eigenvalue weighted by Gasteiger charge is -2.07. The number of nitrogens with zero attached hydrogens (tertiary/aromatic N) is 1. The fraction of sp³-hybridized carbons (Fsp3) is 0.158. The molecule has 0 saturated heterocycles. The van der Waals surface area contributed by atoms with Gasteiger partial charge in [-0.05, 0) is 19.1 Å². The highest BCUT2D eigenvalue weighted by atomic mass is 35.5. The van der Waals surface area contributed by atoms with Crippen molar-refractivity contribution < 1.29 is 14.3 Å². The van der Waals surface area contributed by atoms with Crippen molar-refractivity contribution in [1.29, 1.82) is 0 Å². The van der Waals surface area contributed by atoms with E-state index < -0.39 is 5.97 Å². The molecule has 0 N–H and O–H groups in total. The van der Waals surface area contributed by atoms with Crippen LogP contribution in [0.2, 0.25) is 5.02 Å². The largest absolute Gasteiger partial charge is 0.480 e. The summed E-state index contributed by atoms with van der Waals surface area (Å²) in [5.41, 5.74) is 2.97. The zero-order valence-electron chi connectivity index (χ0n) is 13.6. The summed E-state index contributed by atoms with van der Waals surface area (Å²) in [6.45, 7) is 1.97. The van der Waals surface area contributed by atoms with Gasteiger partial charge in [0, 0.05) is 10.9 Å². The number of para-hydroxylation sites is 1. The number of carbonyl (C=O) groups excluding carboxylic acids is 1. The SMILES string of the molecule is Cc1ccc(-c2nc(COC(=O)COc3ccccc3Cl)cs2)cc1. The number of rotatable bonds is 6. The van der Waals surface area contributed by atoms with Gasteiger partial charge in [0.15, 0.2) is 6.61 Å². The average molecular weight is 374 g/mol. The van der Waals surface area contributed by atoms with Crippen LogP contribution in [0.1, 0.15) is 11.3 Å². The Morgan fingerprint density at radius 1 is 1.16 bits per heavy atom. The van der Waals surface area contributed by atoms with E-state index in [1.54, 1.807) is 24.3 Å². The highest BCUT2D eigenvalue weighted by Gasteiger charge is 2.09. The van der Waals surface area contributed by atoms with Crippen molar-refractivity contribution in [3.05, 3.63) is 70.2 Å². The molecule has 0 aliphatic carbocycles. The molecule has 1 aromatic heterocycles. The molecule has 0 spiro atoms. The monoisotopic (exact) mass is 373 g/mol. The molecule has 3 aromatic rings. The number of thiazole rings is 1. The Morgan fingerprint density at radius 2 is 1.92 bits per heavy atom. The van der Waals surface area contributed by atoms with Crippen LogP contribution in [-0.2, 0) is 16.1 Å². The number of aryl methyl sites for hydroxylation is 1. The summed E-state index contributed by atoms with van der Waals surface area (Å²) in [6, 6.07) is 15.1. The molecule has 25 heavy (non-hydrogen) atoms. The average Bonchev–Trinajstić information content (AvgIpc) is 3.09. The first-order chi connectivity index (χ1) is 12.1. The summed E-state index contributed by atoms with van der Waals surface area (Å²) < 4.78 is 10.5. The van der Waals surface area contributed by atoms with Gasteiger partial charge in [0.1, 0.15) is 17.4 Å². The second kappa shape index (κ2) is 8.14. The molecule has 0 amide bonds. The molecule has 0 bridgehead atoms. The molecule has 0 radical (unpaired) electrons. The van der Waals surface area contributed by atoms with Crippen LogP contribution in [-0.4, -0.2) is 17.6 Å². The molecule has 0 fully saturated rings. The highest BCUT2D eigenvalue weighted by Crippen LogP contribution is 2.25. The minimum Gasteiger partial charge on any atom is -0.480 e. The second-order valence-electron chi connectivity index (χ2n) is 5.39. The van der Waals surface area contributed by atoms with Gasteiger partial charge in [-0.25, -0.2) is 9.78 Å². The minimum atomic E-state index is -0.468. The first-order valence-electron chi connectivity index (χ1n) is 7.66. The van der Waals surface area contributed by atoms with E-state index in [2.05, 4.69) is 4.98 Å². The molecule has 2 aromatic carbocycles. The molecule has 6 heteroatoms. The van der Waals surface area contributed by atoms with Crippen LogP contribution in [0.15, 0.2) is 53.9 Å². The van der Waals surface area contributed by atoms with E-state index in [1.165, 1.54) is 16.9 Å². The van der Waals surface area contributed by atoms with Gasteiger partial charge in [0.2, 0.25) is 0 Å². The smallest absolute Gasteiger partial charge is 0.344 e. The quantitative estimate of drug-likeness (QED) is 0.577. The fourth-order valence-corrected chi connectivity index (χ4v) is 3.10. The molecule has 1 heterocycles. The van der Waals surface area contributed by atoms with Gasteiger partial charge in [0.05, 0.1) is 10.7 Å². The van der Waals surface area contributed by atoms with E-state index in [4.69, 9.17) is 21.1 Å². The van der Waals surface area contributed by atoms with E-state index >= 15 is 0 Å². The number of hydrogen-bond acceptors (Lipinski definition) is 5. The number of benzene rings is 2.